The van der Waals surface area contributed by atoms with Crippen LogP contribution < -0.4 is 5.32 Å². The van der Waals surface area contributed by atoms with Crippen molar-refractivity contribution >= 4 is 21.6 Å². The van der Waals surface area contributed by atoms with Crippen LogP contribution in [-0.2, 0) is 24.3 Å². The number of carbonyl (C=O) groups excluding carboxylic acids is 1. The third kappa shape index (κ3) is 4.96. The second-order valence-electron chi connectivity index (χ2n) is 8.76. The van der Waals surface area contributed by atoms with Crippen LogP contribution in [0, 0.1) is 0 Å². The summed E-state index contributed by atoms with van der Waals surface area (Å²) in [5.41, 5.74) is 0.399. The minimum absolute atomic E-state index is 0.0316. The molecular formula is C22H33N3O5S. The molecule has 3 aliphatic heterocycles. The van der Waals surface area contributed by atoms with Crippen molar-refractivity contribution in [3.8, 4) is 0 Å². The van der Waals surface area contributed by atoms with E-state index in [-0.39, 0.29) is 29.1 Å². The van der Waals surface area contributed by atoms with Crippen molar-refractivity contribution in [2.45, 2.75) is 55.1 Å². The molecule has 4 rings (SSSR count). The van der Waals surface area contributed by atoms with Gasteiger partial charge in [-0.3, -0.25) is 9.69 Å². The second-order valence-corrected chi connectivity index (χ2v) is 10.7. The van der Waals surface area contributed by atoms with E-state index in [4.69, 9.17) is 9.47 Å². The zero-order valence-electron chi connectivity index (χ0n) is 18.2. The Bertz CT molecular complexity index is 862. The van der Waals surface area contributed by atoms with E-state index in [0.717, 1.165) is 51.7 Å². The van der Waals surface area contributed by atoms with E-state index in [0.29, 0.717) is 25.3 Å². The maximum Gasteiger partial charge on any atom is 0.243 e. The fourth-order valence-corrected chi connectivity index (χ4v) is 6.49. The summed E-state index contributed by atoms with van der Waals surface area (Å²) in [5, 5.41) is 2.88. The molecule has 172 valence electrons. The molecule has 3 aliphatic rings. The highest BCUT2D eigenvalue weighted by Gasteiger charge is 2.46. The van der Waals surface area contributed by atoms with Gasteiger partial charge < -0.3 is 14.8 Å². The van der Waals surface area contributed by atoms with Gasteiger partial charge in [0, 0.05) is 45.6 Å². The van der Waals surface area contributed by atoms with Gasteiger partial charge >= 0.3 is 0 Å². The van der Waals surface area contributed by atoms with Gasteiger partial charge in [0.1, 0.15) is 0 Å². The molecule has 1 spiro atoms. The van der Waals surface area contributed by atoms with E-state index >= 15 is 0 Å². The molecular weight excluding hydrogens is 418 g/mol. The standard InChI is InChI=1S/C22H33N3O5S/c1-29-20-16-24(14-11-22(20)10-5-15-30-22)17-21(26)23-18-6-8-19(9-7-18)31(27,28)25-12-3-2-4-13-25/h6-9,20H,2-5,10-17H2,1H3,(H,23,26)/t20-,22+/m0/s1. The van der Waals surface area contributed by atoms with Gasteiger partial charge in [0.2, 0.25) is 15.9 Å². The Labute approximate surface area is 184 Å². The maximum absolute atomic E-state index is 12.8. The lowest BCUT2D eigenvalue weighted by Crippen LogP contribution is -2.57. The molecule has 1 amide bonds. The number of ether oxygens (including phenoxy) is 2. The van der Waals surface area contributed by atoms with Gasteiger partial charge in [0.15, 0.2) is 0 Å². The van der Waals surface area contributed by atoms with Gasteiger partial charge in [0.05, 0.1) is 23.1 Å². The van der Waals surface area contributed by atoms with Crippen LogP contribution >= 0.6 is 0 Å². The van der Waals surface area contributed by atoms with E-state index in [1.54, 1.807) is 35.7 Å². The lowest BCUT2D eigenvalue weighted by Gasteiger charge is -2.44. The van der Waals surface area contributed by atoms with Gasteiger partial charge in [0.25, 0.3) is 0 Å². The fraction of sp³-hybridized carbons (Fsp3) is 0.682. The monoisotopic (exact) mass is 451 g/mol. The Kier molecular flexibility index (Phi) is 6.98. The van der Waals surface area contributed by atoms with Crippen molar-refractivity contribution in [3.63, 3.8) is 0 Å². The summed E-state index contributed by atoms with van der Waals surface area (Å²) in [5.74, 6) is -0.121. The molecule has 0 aliphatic carbocycles. The molecule has 0 bridgehead atoms. The molecule has 0 aromatic heterocycles. The fourth-order valence-electron chi connectivity index (χ4n) is 4.97. The molecule has 8 nitrogen and oxygen atoms in total. The minimum atomic E-state index is -3.46. The highest BCUT2D eigenvalue weighted by molar-refractivity contribution is 7.89. The van der Waals surface area contributed by atoms with Gasteiger partial charge in [-0.2, -0.15) is 4.31 Å². The normalized spacial score (nSPS) is 28.1. The summed E-state index contributed by atoms with van der Waals surface area (Å²) in [6.45, 7) is 3.65. The van der Waals surface area contributed by atoms with E-state index in [9.17, 15) is 13.2 Å². The molecule has 3 heterocycles. The van der Waals surface area contributed by atoms with Crippen LogP contribution in [0.2, 0.25) is 0 Å². The molecule has 2 atom stereocenters. The molecule has 9 heteroatoms. The van der Waals surface area contributed by atoms with Crippen molar-refractivity contribution in [3.05, 3.63) is 24.3 Å². The molecule has 0 saturated carbocycles. The van der Waals surface area contributed by atoms with Gasteiger partial charge in [-0.25, -0.2) is 8.42 Å². The van der Waals surface area contributed by atoms with Crippen LogP contribution in [0.3, 0.4) is 0 Å². The maximum atomic E-state index is 12.8. The smallest absolute Gasteiger partial charge is 0.243 e. The van der Waals surface area contributed by atoms with Crippen molar-refractivity contribution in [2.75, 3.05) is 51.8 Å². The zero-order valence-corrected chi connectivity index (χ0v) is 19.0. The number of carbonyl (C=O) groups is 1. The molecule has 3 saturated heterocycles. The number of nitrogens with one attached hydrogen (secondary N) is 1. The number of methoxy groups -OCH3 is 1. The predicted molar refractivity (Wildman–Crippen MR) is 117 cm³/mol. The number of sulfonamides is 1. The quantitative estimate of drug-likeness (QED) is 0.712. The topological polar surface area (TPSA) is 88.2 Å². The highest BCUT2D eigenvalue weighted by Crippen LogP contribution is 2.37. The first-order valence-electron chi connectivity index (χ1n) is 11.2. The predicted octanol–water partition coefficient (Wildman–Crippen LogP) is 2.07. The average molecular weight is 452 g/mol. The summed E-state index contributed by atoms with van der Waals surface area (Å²) >= 11 is 0. The third-order valence-electron chi connectivity index (χ3n) is 6.74. The Morgan fingerprint density at radius 2 is 1.87 bits per heavy atom. The molecule has 3 fully saturated rings. The number of hydrogen-bond acceptors (Lipinski definition) is 6. The van der Waals surface area contributed by atoms with Crippen molar-refractivity contribution in [1.82, 2.24) is 9.21 Å². The number of hydrogen-bond donors (Lipinski definition) is 1. The molecule has 0 radical (unpaired) electrons. The van der Waals surface area contributed by atoms with Gasteiger partial charge in [-0.05, 0) is 56.4 Å². The number of benzene rings is 1. The molecule has 1 aromatic rings. The number of anilines is 1. The van der Waals surface area contributed by atoms with Crippen LogP contribution in [0.5, 0.6) is 0 Å². The number of piperidine rings is 2. The van der Waals surface area contributed by atoms with Crippen LogP contribution in [-0.4, -0.2) is 81.7 Å². The average Bonchev–Trinajstić information content (AvgIpc) is 3.25. The second kappa shape index (κ2) is 9.54. The lowest BCUT2D eigenvalue weighted by molar-refractivity contribution is -0.145. The largest absolute Gasteiger partial charge is 0.377 e. The number of likely N-dealkylation sites (tertiary alicyclic amines) is 1. The molecule has 31 heavy (non-hydrogen) atoms. The molecule has 1 N–H and O–H groups in total. The summed E-state index contributed by atoms with van der Waals surface area (Å²) in [6, 6.07) is 6.46. The van der Waals surface area contributed by atoms with Crippen LogP contribution in [0.15, 0.2) is 29.2 Å². The number of rotatable bonds is 6. The highest BCUT2D eigenvalue weighted by atomic mass is 32.2. The van der Waals surface area contributed by atoms with Crippen LogP contribution in [0.1, 0.15) is 38.5 Å². The van der Waals surface area contributed by atoms with Gasteiger partial charge in [-0.15, -0.1) is 0 Å². The van der Waals surface area contributed by atoms with E-state index in [1.807, 2.05) is 0 Å². The number of nitrogens with zero attached hydrogens (tertiary/aromatic N) is 2. The first kappa shape index (κ1) is 22.7. The SMILES string of the molecule is CO[C@H]1CN(CC(=O)Nc2ccc(S(=O)(=O)N3CCCCC3)cc2)CC[C@]12CCCO2. The van der Waals surface area contributed by atoms with Crippen molar-refractivity contribution < 1.29 is 22.7 Å². The van der Waals surface area contributed by atoms with Gasteiger partial charge in [-0.1, -0.05) is 6.42 Å². The van der Waals surface area contributed by atoms with Crippen molar-refractivity contribution in [2.24, 2.45) is 0 Å². The zero-order chi connectivity index (χ0) is 21.9. The Balaban J connectivity index is 1.32. The van der Waals surface area contributed by atoms with Crippen molar-refractivity contribution in [1.29, 1.82) is 0 Å². The Morgan fingerprint density at radius 3 is 2.52 bits per heavy atom. The first-order chi connectivity index (χ1) is 14.9. The molecule has 1 aromatic carbocycles. The van der Waals surface area contributed by atoms with E-state index in [1.165, 1.54) is 0 Å². The van der Waals surface area contributed by atoms with E-state index < -0.39 is 10.0 Å². The summed E-state index contributed by atoms with van der Waals surface area (Å²) in [6.07, 6.45) is 5.79. The summed E-state index contributed by atoms with van der Waals surface area (Å²) in [4.78, 5) is 14.9. The lowest BCUT2D eigenvalue weighted by atomic mass is 9.86. The third-order valence-corrected chi connectivity index (χ3v) is 8.65. The van der Waals surface area contributed by atoms with Crippen LogP contribution in [0.25, 0.3) is 0 Å². The Hall–Kier alpha value is -1.52. The summed E-state index contributed by atoms with van der Waals surface area (Å²) in [7, 11) is -1.76. The van der Waals surface area contributed by atoms with Crippen LogP contribution in [0.4, 0.5) is 5.69 Å². The summed E-state index contributed by atoms with van der Waals surface area (Å²) < 4.78 is 38.8. The van der Waals surface area contributed by atoms with E-state index in [2.05, 4.69) is 10.2 Å². The Morgan fingerprint density at radius 1 is 1.13 bits per heavy atom. The number of amides is 1. The first-order valence-corrected chi connectivity index (χ1v) is 12.7. The minimum Gasteiger partial charge on any atom is -0.377 e. The molecule has 0 unspecified atom stereocenters.